The number of morpholine rings is 1. The van der Waals surface area contributed by atoms with E-state index < -0.39 is 28.4 Å². The SMILES string of the molecule is C.C.CC(=O)Cn1nnc(-c2cccc(C3=CC4(CCNCC4)Oc4ccccc43)c2)n1.CC(C)(C)OC(=O)N1CCC2(C=C(c3cccc(-c4nnn(CC(=O)O)n4)c3)c3ccccc3O2)CC1.CC(C)(C)OC(=O)N1CCC2(C=C(c3cccc(-c4nnn(CCN5CCOCC5)n4)c3)c3ccccc3O2)CC1. The zero-order chi connectivity index (χ0) is 75.2. The van der Waals surface area contributed by atoms with Crippen molar-refractivity contribution in [2.24, 2.45) is 0 Å². The molecule has 16 rings (SSSR count). The summed E-state index contributed by atoms with van der Waals surface area (Å²) >= 11 is 0. The van der Waals surface area contributed by atoms with Crippen molar-refractivity contribution < 1.29 is 52.7 Å². The standard InChI is InChI=1S/C31H38N6O4.C27H29N5O5.C23H23N5O2.2CH4/c1-30(2,3)41-29(38)36-13-11-31(12-14-36)22-26(25-9-4-5-10-27(25)40-31)23-7-6-8-24(21-23)28-32-34-37(33-28)16-15-35-17-19-39-20-18-35;1-26(2,3)37-25(35)31-13-11-27(12-14-31)16-21(20-9-4-5-10-22(20)36-27)18-7-6-8-19(15-18)24-28-30-32(29-24)17-23(33)34;1-16(29)15-28-26-22(25-27-28)18-6-4-5-17(13-18)20-14-23(9-11-24-12-10-23)30-21-8-3-2-7-19(20)21;;/h4-10,21-22H,11-20H2,1-3H3;4-10,15-16H,11-14,17H2,1-3H3,(H,33,34);2-8,13-14,24H,9-12,15H2,1H3;2*1H4. The summed E-state index contributed by atoms with van der Waals surface area (Å²) in [5.41, 5.74) is 9.63. The number of aliphatic carboxylic acids is 1. The maximum atomic E-state index is 12.7. The molecule has 27 nitrogen and oxygen atoms in total. The summed E-state index contributed by atoms with van der Waals surface area (Å²) in [6, 6.07) is 48.5. The Morgan fingerprint density at radius 2 is 0.809 bits per heavy atom. The predicted octanol–water partition coefficient (Wildman–Crippen LogP) is 12.4. The van der Waals surface area contributed by atoms with Gasteiger partial charge in [-0.3, -0.25) is 14.5 Å². The zero-order valence-electron chi connectivity index (χ0n) is 62.0. The molecule has 0 unspecified atom stereocenters. The van der Waals surface area contributed by atoms with Crippen molar-refractivity contribution in [3.63, 3.8) is 0 Å². The van der Waals surface area contributed by atoms with E-state index in [0.717, 1.165) is 148 Å². The van der Waals surface area contributed by atoms with E-state index in [4.69, 9.17) is 33.5 Å². The number of hydrogen-bond acceptors (Lipinski definition) is 21. The van der Waals surface area contributed by atoms with Crippen LogP contribution in [0.1, 0.15) is 135 Å². The number of carboxylic acids is 1. The van der Waals surface area contributed by atoms with Crippen LogP contribution in [0, 0.1) is 0 Å². The molecule has 9 aromatic rings. The molecule has 6 aromatic carbocycles. The molecule has 0 radical (unpaired) electrons. The van der Waals surface area contributed by atoms with E-state index in [1.165, 1.54) is 11.7 Å². The first kappa shape index (κ1) is 78.3. The number of ketones is 1. The van der Waals surface area contributed by atoms with Gasteiger partial charge in [0, 0.05) is 118 Å². The van der Waals surface area contributed by atoms with Crippen LogP contribution in [0.15, 0.2) is 164 Å². The van der Waals surface area contributed by atoms with E-state index in [9.17, 15) is 19.2 Å². The average Bonchev–Trinajstić information content (AvgIpc) is 0.956. The molecular weight excluding hydrogens is 1400 g/mol. The summed E-state index contributed by atoms with van der Waals surface area (Å²) in [6.07, 6.45) is 10.6. The number of likely N-dealkylation sites (tertiary alicyclic amines) is 2. The van der Waals surface area contributed by atoms with Gasteiger partial charge in [0.05, 0.1) is 19.8 Å². The summed E-state index contributed by atoms with van der Waals surface area (Å²) in [4.78, 5) is 57.5. The summed E-state index contributed by atoms with van der Waals surface area (Å²) in [6.45, 7) is 21.6. The smallest absolute Gasteiger partial charge is 0.410 e. The van der Waals surface area contributed by atoms with Crippen LogP contribution in [0.2, 0.25) is 0 Å². The van der Waals surface area contributed by atoms with Gasteiger partial charge >= 0.3 is 18.2 Å². The molecule has 4 saturated heterocycles. The van der Waals surface area contributed by atoms with Gasteiger partial charge in [0.25, 0.3) is 0 Å². The second-order valence-corrected chi connectivity index (χ2v) is 30.1. The lowest BCUT2D eigenvalue weighted by Gasteiger charge is -2.43. The number of piperidine rings is 3. The molecule has 110 heavy (non-hydrogen) atoms. The van der Waals surface area contributed by atoms with Crippen molar-refractivity contribution >= 4 is 40.7 Å². The van der Waals surface area contributed by atoms with Crippen molar-refractivity contribution in [1.29, 1.82) is 0 Å². The van der Waals surface area contributed by atoms with Gasteiger partial charge in [-0.05, 0) is 165 Å². The van der Waals surface area contributed by atoms with Gasteiger partial charge in [-0.15, -0.1) is 30.6 Å². The lowest BCUT2D eigenvalue weighted by Crippen LogP contribution is -2.50. The quantitative estimate of drug-likeness (QED) is 0.108. The molecule has 3 aromatic heterocycles. The van der Waals surface area contributed by atoms with Crippen LogP contribution in [-0.4, -0.2) is 204 Å². The molecule has 27 heteroatoms. The first-order valence-corrected chi connectivity index (χ1v) is 36.9. The van der Waals surface area contributed by atoms with Crippen LogP contribution in [0.25, 0.3) is 50.9 Å². The van der Waals surface area contributed by atoms with E-state index in [1.54, 1.807) is 14.6 Å². The summed E-state index contributed by atoms with van der Waals surface area (Å²) in [5.74, 6) is 2.99. The number of amides is 2. The molecule has 576 valence electrons. The number of carbonyl (C=O) groups excluding carboxylic acids is 3. The number of carboxylic acid groups (broad SMARTS) is 1. The average molecular weight is 1500 g/mol. The summed E-state index contributed by atoms with van der Waals surface area (Å²) in [5, 5.41) is 50.3. The van der Waals surface area contributed by atoms with Crippen LogP contribution in [0.5, 0.6) is 17.2 Å². The molecule has 0 bridgehead atoms. The van der Waals surface area contributed by atoms with Crippen LogP contribution >= 0.6 is 0 Å². The molecule has 0 atom stereocenters. The molecule has 10 heterocycles. The number of tetrazole rings is 3. The molecule has 2 N–H and O–H groups in total. The largest absolute Gasteiger partial charge is 0.482 e. The van der Waals surface area contributed by atoms with E-state index in [2.05, 4.69) is 111 Å². The van der Waals surface area contributed by atoms with Gasteiger partial charge in [0.15, 0.2) is 12.3 Å². The van der Waals surface area contributed by atoms with Gasteiger partial charge in [-0.25, -0.2) is 9.59 Å². The Morgan fingerprint density at radius 1 is 0.455 bits per heavy atom. The molecule has 4 fully saturated rings. The topological polar surface area (TPSA) is 296 Å². The maximum Gasteiger partial charge on any atom is 0.410 e. The number of fused-ring (bicyclic) bond motifs is 3. The third-order valence-corrected chi connectivity index (χ3v) is 19.7. The fourth-order valence-electron chi connectivity index (χ4n) is 14.4. The minimum Gasteiger partial charge on any atom is -0.482 e. The Hall–Kier alpha value is -11.3. The number of rotatable bonds is 13. The van der Waals surface area contributed by atoms with Gasteiger partial charge in [0.2, 0.25) is 17.5 Å². The monoisotopic (exact) mass is 1490 g/mol. The Labute approximate surface area is 641 Å². The highest BCUT2D eigenvalue weighted by molar-refractivity contribution is 5.89. The van der Waals surface area contributed by atoms with E-state index in [0.29, 0.717) is 75.9 Å². The fourth-order valence-corrected chi connectivity index (χ4v) is 14.4. The van der Waals surface area contributed by atoms with E-state index in [-0.39, 0.29) is 51.5 Å². The van der Waals surface area contributed by atoms with Gasteiger partial charge in [0.1, 0.15) is 51.8 Å². The number of nitrogens with one attached hydrogen (secondary N) is 1. The lowest BCUT2D eigenvalue weighted by atomic mass is 9.82. The minimum absolute atomic E-state index is 0. The number of carbonyl (C=O) groups is 4. The second kappa shape index (κ2) is 33.3. The predicted molar refractivity (Wildman–Crippen MR) is 416 cm³/mol. The second-order valence-electron chi connectivity index (χ2n) is 30.1. The first-order valence-electron chi connectivity index (χ1n) is 36.9. The molecule has 7 aliphatic heterocycles. The Balaban J connectivity index is 0.000000154. The van der Waals surface area contributed by atoms with Crippen molar-refractivity contribution in [1.82, 2.24) is 80.6 Å². The molecule has 3 spiro atoms. The van der Waals surface area contributed by atoms with Crippen LogP contribution in [0.3, 0.4) is 0 Å². The molecule has 2 amide bonds. The van der Waals surface area contributed by atoms with Gasteiger partial charge in [-0.2, -0.15) is 14.4 Å². The third-order valence-electron chi connectivity index (χ3n) is 19.7. The van der Waals surface area contributed by atoms with Crippen molar-refractivity contribution in [2.75, 3.05) is 72.1 Å². The number of hydrogen-bond donors (Lipinski definition) is 2. The van der Waals surface area contributed by atoms with Crippen molar-refractivity contribution in [3.8, 4) is 51.4 Å². The Morgan fingerprint density at radius 3 is 1.19 bits per heavy atom. The highest BCUT2D eigenvalue weighted by atomic mass is 16.6. The van der Waals surface area contributed by atoms with E-state index >= 15 is 0 Å². The minimum atomic E-state index is -1.04. The molecule has 7 aliphatic rings. The third kappa shape index (κ3) is 18.7. The molecule has 0 saturated carbocycles. The maximum absolute atomic E-state index is 12.7. The fraction of sp³-hybridized carbons (Fsp3) is 0.410. The van der Waals surface area contributed by atoms with Crippen LogP contribution in [-0.2, 0) is 43.4 Å². The van der Waals surface area contributed by atoms with Crippen LogP contribution in [0.4, 0.5) is 9.59 Å². The zero-order valence-corrected chi connectivity index (χ0v) is 62.0. The van der Waals surface area contributed by atoms with Gasteiger partial charge in [-0.1, -0.05) is 124 Å². The van der Waals surface area contributed by atoms with Gasteiger partial charge < -0.3 is 48.6 Å². The summed E-state index contributed by atoms with van der Waals surface area (Å²) < 4.78 is 36.3. The lowest BCUT2D eigenvalue weighted by molar-refractivity contribution is -0.138. The van der Waals surface area contributed by atoms with Crippen LogP contribution < -0.4 is 19.5 Å². The Bertz CT molecular complexity index is 4860. The van der Waals surface area contributed by atoms with E-state index in [1.807, 2.05) is 151 Å². The normalized spacial score (nSPS) is 17.3. The number of para-hydroxylation sites is 3. The number of aromatic nitrogens is 12. The van der Waals surface area contributed by atoms with Crippen molar-refractivity contribution in [2.45, 2.75) is 149 Å². The summed E-state index contributed by atoms with van der Waals surface area (Å²) in [7, 11) is 0. The first-order chi connectivity index (χ1) is 52.0. The number of Topliss-reactive ketones (excluding diaryl/α,β-unsaturated/α-hetero) is 1. The number of benzene rings is 6. The highest BCUT2D eigenvalue weighted by Gasteiger charge is 2.44. The molecular formula is C83H98N16O11. The number of nitrogens with zero attached hydrogens (tertiary/aromatic N) is 15. The molecule has 0 aliphatic carbocycles. The highest BCUT2D eigenvalue weighted by Crippen LogP contribution is 2.47. The number of ether oxygens (including phenoxy) is 6. The Kier molecular flexibility index (Phi) is 23.7. The van der Waals surface area contributed by atoms with Crippen molar-refractivity contribution in [3.05, 3.63) is 197 Å².